The van der Waals surface area contributed by atoms with Crippen LogP contribution in [-0.2, 0) is 4.74 Å². The number of rotatable bonds is 5. The normalized spacial score (nSPS) is 16.9. The summed E-state index contributed by atoms with van der Waals surface area (Å²) in [4.78, 5) is 1.30. The van der Waals surface area contributed by atoms with Crippen LogP contribution in [0.4, 0.5) is 0 Å². The molecule has 0 aliphatic carbocycles. The molecule has 1 aromatic carbocycles. The molecule has 0 aromatic heterocycles. The number of thioether (sulfide) groups is 1. The van der Waals surface area contributed by atoms with Gasteiger partial charge in [-0.2, -0.15) is 0 Å². The first-order valence-corrected chi connectivity index (χ1v) is 7.33. The highest BCUT2D eigenvalue weighted by atomic mass is 32.2. The van der Waals surface area contributed by atoms with E-state index >= 15 is 0 Å². The smallest absolute Gasteiger partial charge is 0.0876 e. The summed E-state index contributed by atoms with van der Waals surface area (Å²) >= 11 is 1.85. The lowest BCUT2D eigenvalue weighted by Gasteiger charge is -2.23. The minimum atomic E-state index is 0.0611. The number of benzene rings is 1. The zero-order valence-electron chi connectivity index (χ0n) is 10.7. The van der Waals surface area contributed by atoms with Crippen molar-refractivity contribution in [3.63, 3.8) is 0 Å². The van der Waals surface area contributed by atoms with Crippen molar-refractivity contribution in [1.82, 2.24) is 5.43 Å². The lowest BCUT2D eigenvalue weighted by molar-refractivity contribution is 0.219. The molecule has 4 heteroatoms. The Hall–Kier alpha value is -0.970. The Labute approximate surface area is 113 Å². The summed E-state index contributed by atoms with van der Waals surface area (Å²) < 4.78 is 5.39. The van der Waals surface area contributed by atoms with Crippen molar-refractivity contribution in [2.24, 2.45) is 5.84 Å². The van der Waals surface area contributed by atoms with Crippen LogP contribution < -0.4 is 11.3 Å². The summed E-state index contributed by atoms with van der Waals surface area (Å²) in [5.74, 6) is 6.77. The van der Waals surface area contributed by atoms with Crippen LogP contribution in [0.25, 0.3) is 0 Å². The standard InChI is InChI=1S/C14H20N2OS/c1-2-18-13-7-5-11(6-8-13)14(16-15)12-4-3-9-17-10-12/h5-8,10,14,16H,2-4,9,15H2,1H3. The SMILES string of the molecule is CCSc1ccc(C(NN)C2=COCCC2)cc1. The van der Waals surface area contributed by atoms with E-state index in [1.807, 2.05) is 18.0 Å². The third kappa shape index (κ3) is 3.28. The van der Waals surface area contributed by atoms with Crippen LogP contribution in [0.3, 0.4) is 0 Å². The summed E-state index contributed by atoms with van der Waals surface area (Å²) in [6.45, 7) is 2.97. The van der Waals surface area contributed by atoms with Gasteiger partial charge in [-0.05, 0) is 41.9 Å². The predicted octanol–water partition coefficient (Wildman–Crippen LogP) is 3.00. The van der Waals surface area contributed by atoms with Crippen LogP contribution in [0.5, 0.6) is 0 Å². The second-order valence-corrected chi connectivity index (χ2v) is 5.61. The maximum Gasteiger partial charge on any atom is 0.0876 e. The number of hydrazine groups is 1. The van der Waals surface area contributed by atoms with Crippen molar-refractivity contribution < 1.29 is 4.74 Å². The third-order valence-corrected chi connectivity index (χ3v) is 3.92. The summed E-state index contributed by atoms with van der Waals surface area (Å²) in [5, 5.41) is 0. The molecule has 18 heavy (non-hydrogen) atoms. The van der Waals surface area contributed by atoms with Crippen LogP contribution in [-0.4, -0.2) is 12.4 Å². The second kappa shape index (κ2) is 6.83. The molecule has 1 unspecified atom stereocenters. The Kier molecular flexibility index (Phi) is 5.11. The first-order valence-electron chi connectivity index (χ1n) is 6.34. The summed E-state index contributed by atoms with van der Waals surface area (Å²) in [6, 6.07) is 8.64. The number of nitrogens with one attached hydrogen (secondary N) is 1. The quantitative estimate of drug-likeness (QED) is 0.487. The molecule has 1 atom stereocenters. The minimum absolute atomic E-state index is 0.0611. The van der Waals surface area contributed by atoms with E-state index in [1.165, 1.54) is 16.0 Å². The third-order valence-electron chi connectivity index (χ3n) is 3.02. The van der Waals surface area contributed by atoms with Crippen LogP contribution >= 0.6 is 11.8 Å². The van der Waals surface area contributed by atoms with Crippen molar-refractivity contribution in [1.29, 1.82) is 0 Å². The summed E-state index contributed by atoms with van der Waals surface area (Å²) in [6.07, 6.45) is 3.96. The highest BCUT2D eigenvalue weighted by Crippen LogP contribution is 2.28. The number of ether oxygens (including phenoxy) is 1. The molecule has 0 spiro atoms. The van der Waals surface area contributed by atoms with Gasteiger partial charge in [-0.1, -0.05) is 19.1 Å². The zero-order chi connectivity index (χ0) is 12.8. The Balaban J connectivity index is 2.14. The van der Waals surface area contributed by atoms with Crippen LogP contribution in [0.1, 0.15) is 31.4 Å². The van der Waals surface area contributed by atoms with E-state index in [4.69, 9.17) is 10.6 Å². The molecule has 1 aliphatic rings. The highest BCUT2D eigenvalue weighted by Gasteiger charge is 2.17. The van der Waals surface area contributed by atoms with Crippen LogP contribution in [0.15, 0.2) is 41.0 Å². The van der Waals surface area contributed by atoms with Crippen molar-refractivity contribution >= 4 is 11.8 Å². The predicted molar refractivity (Wildman–Crippen MR) is 76.2 cm³/mol. The van der Waals surface area contributed by atoms with E-state index in [2.05, 4.69) is 36.6 Å². The fourth-order valence-electron chi connectivity index (χ4n) is 2.14. The molecule has 3 nitrogen and oxygen atoms in total. The average Bonchev–Trinajstić information content (AvgIpc) is 2.43. The molecule has 0 amide bonds. The molecule has 2 rings (SSSR count). The Bertz CT molecular complexity index is 403. The molecule has 0 saturated carbocycles. The van der Waals surface area contributed by atoms with Gasteiger partial charge in [0.25, 0.3) is 0 Å². The maximum absolute atomic E-state index is 5.68. The van der Waals surface area contributed by atoms with Crippen LogP contribution in [0, 0.1) is 0 Å². The van der Waals surface area contributed by atoms with Gasteiger partial charge in [-0.15, -0.1) is 11.8 Å². The number of hydrogen-bond acceptors (Lipinski definition) is 4. The van der Waals surface area contributed by atoms with Crippen LogP contribution in [0.2, 0.25) is 0 Å². The van der Waals surface area contributed by atoms with Gasteiger partial charge in [-0.3, -0.25) is 5.84 Å². The Morgan fingerprint density at radius 1 is 1.39 bits per heavy atom. The molecule has 0 fully saturated rings. The molecule has 1 heterocycles. The molecule has 3 N–H and O–H groups in total. The number of hydrogen-bond donors (Lipinski definition) is 2. The van der Waals surface area contributed by atoms with Gasteiger partial charge in [0.2, 0.25) is 0 Å². The first kappa shape index (κ1) is 13.5. The molecule has 1 aliphatic heterocycles. The molecular formula is C14H20N2OS. The van der Waals surface area contributed by atoms with Crippen molar-refractivity contribution in [3.8, 4) is 0 Å². The molecule has 0 radical (unpaired) electrons. The van der Waals surface area contributed by atoms with Crippen molar-refractivity contribution in [2.75, 3.05) is 12.4 Å². The van der Waals surface area contributed by atoms with Gasteiger partial charge in [0.15, 0.2) is 0 Å². The lowest BCUT2D eigenvalue weighted by Crippen LogP contribution is -2.30. The topological polar surface area (TPSA) is 47.3 Å². The van der Waals surface area contributed by atoms with Crippen molar-refractivity contribution in [3.05, 3.63) is 41.7 Å². The number of nitrogens with two attached hydrogens (primary N) is 1. The molecule has 0 bridgehead atoms. The van der Waals surface area contributed by atoms with Gasteiger partial charge in [0.05, 0.1) is 18.9 Å². The average molecular weight is 264 g/mol. The zero-order valence-corrected chi connectivity index (χ0v) is 11.5. The van der Waals surface area contributed by atoms with Gasteiger partial charge < -0.3 is 4.74 Å². The molecule has 1 aromatic rings. The van der Waals surface area contributed by atoms with E-state index in [0.29, 0.717) is 0 Å². The molecule has 0 saturated heterocycles. The van der Waals surface area contributed by atoms with Gasteiger partial charge in [0, 0.05) is 4.90 Å². The molecule has 98 valence electrons. The van der Waals surface area contributed by atoms with Gasteiger partial charge in [0.1, 0.15) is 0 Å². The van der Waals surface area contributed by atoms with Gasteiger partial charge >= 0.3 is 0 Å². The van der Waals surface area contributed by atoms with E-state index in [-0.39, 0.29) is 6.04 Å². The lowest BCUT2D eigenvalue weighted by atomic mass is 9.96. The van der Waals surface area contributed by atoms with Crippen molar-refractivity contribution in [2.45, 2.75) is 30.7 Å². The van der Waals surface area contributed by atoms with E-state index in [0.717, 1.165) is 25.2 Å². The Morgan fingerprint density at radius 3 is 2.72 bits per heavy atom. The highest BCUT2D eigenvalue weighted by molar-refractivity contribution is 7.99. The first-order chi connectivity index (χ1) is 8.85. The monoisotopic (exact) mass is 264 g/mol. The van der Waals surface area contributed by atoms with E-state index < -0.39 is 0 Å². The van der Waals surface area contributed by atoms with E-state index in [9.17, 15) is 0 Å². The minimum Gasteiger partial charge on any atom is -0.501 e. The largest absolute Gasteiger partial charge is 0.501 e. The molecular weight excluding hydrogens is 244 g/mol. The fraction of sp³-hybridized carbons (Fsp3) is 0.429. The summed E-state index contributed by atoms with van der Waals surface area (Å²) in [7, 11) is 0. The summed E-state index contributed by atoms with van der Waals surface area (Å²) in [5.41, 5.74) is 5.30. The second-order valence-electron chi connectivity index (χ2n) is 4.27. The van der Waals surface area contributed by atoms with Gasteiger partial charge in [-0.25, -0.2) is 5.43 Å². The maximum atomic E-state index is 5.68. The van der Waals surface area contributed by atoms with E-state index in [1.54, 1.807) is 0 Å². The fourth-order valence-corrected chi connectivity index (χ4v) is 2.80. The Morgan fingerprint density at radius 2 is 2.17 bits per heavy atom.